The molecule has 0 aliphatic heterocycles. The van der Waals surface area contributed by atoms with E-state index in [2.05, 4.69) is 38.0 Å². The largest absolute Gasteiger partial charge is 0.309 e. The van der Waals surface area contributed by atoms with Gasteiger partial charge in [0.1, 0.15) is 10.7 Å². The number of nitrogens with zero attached hydrogens (tertiary/aromatic N) is 1. The summed E-state index contributed by atoms with van der Waals surface area (Å²) in [6.45, 7) is 1.81. The van der Waals surface area contributed by atoms with Crippen LogP contribution in [0, 0.1) is 0 Å². The number of alkyl halides is 1. The van der Waals surface area contributed by atoms with Crippen molar-refractivity contribution in [2.45, 2.75) is 18.7 Å². The molecule has 1 aliphatic carbocycles. The first kappa shape index (κ1) is 13.5. The molecule has 6 heteroatoms. The van der Waals surface area contributed by atoms with Crippen LogP contribution in [0.15, 0.2) is 27.5 Å². The minimum Gasteiger partial charge on any atom is -0.309 e. The summed E-state index contributed by atoms with van der Waals surface area (Å²) in [5.74, 6) is 0.533. The number of nitrogens with one attached hydrogen (secondary N) is 1. The molecule has 0 radical (unpaired) electrons. The SMILES string of the molecule is CC(Cl)c1nc2sc3c(c2c(=O)[nH]1)-c1ccc(Br)cc1C3. The minimum atomic E-state index is -0.303. The van der Waals surface area contributed by atoms with E-state index in [-0.39, 0.29) is 10.9 Å². The summed E-state index contributed by atoms with van der Waals surface area (Å²) in [5, 5.41) is 0.388. The fraction of sp³-hybridized carbons (Fsp3) is 0.200. The lowest BCUT2D eigenvalue weighted by Gasteiger charge is -2.04. The van der Waals surface area contributed by atoms with Crippen LogP contribution in [-0.2, 0) is 6.42 Å². The quantitative estimate of drug-likeness (QED) is 0.489. The molecule has 1 atom stereocenters. The average molecular weight is 382 g/mol. The van der Waals surface area contributed by atoms with E-state index in [1.165, 1.54) is 10.4 Å². The molecule has 2 heterocycles. The van der Waals surface area contributed by atoms with Gasteiger partial charge >= 0.3 is 0 Å². The van der Waals surface area contributed by atoms with Gasteiger partial charge in [0.05, 0.1) is 10.8 Å². The molecule has 21 heavy (non-hydrogen) atoms. The molecule has 0 spiro atoms. The van der Waals surface area contributed by atoms with Crippen LogP contribution in [0.25, 0.3) is 21.3 Å². The number of aromatic amines is 1. The first-order valence-corrected chi connectivity index (χ1v) is 8.57. The van der Waals surface area contributed by atoms with Crippen LogP contribution < -0.4 is 5.56 Å². The number of rotatable bonds is 1. The van der Waals surface area contributed by atoms with Crippen molar-refractivity contribution in [3.63, 3.8) is 0 Å². The zero-order chi connectivity index (χ0) is 14.7. The second-order valence-electron chi connectivity index (χ2n) is 5.13. The number of benzene rings is 1. The zero-order valence-corrected chi connectivity index (χ0v) is 14.2. The Balaban J connectivity index is 2.05. The highest BCUT2D eigenvalue weighted by Gasteiger charge is 2.26. The molecule has 0 bridgehead atoms. The first-order chi connectivity index (χ1) is 10.0. The van der Waals surface area contributed by atoms with Crippen molar-refractivity contribution in [2.75, 3.05) is 0 Å². The van der Waals surface area contributed by atoms with E-state index in [1.54, 1.807) is 18.3 Å². The summed E-state index contributed by atoms with van der Waals surface area (Å²) in [5.41, 5.74) is 3.33. The van der Waals surface area contributed by atoms with Gasteiger partial charge in [0.15, 0.2) is 0 Å². The minimum absolute atomic E-state index is 0.101. The predicted octanol–water partition coefficient (Wildman–Crippen LogP) is 4.62. The number of H-pyrrole nitrogens is 1. The maximum atomic E-state index is 12.4. The molecular formula is C15H10BrClN2OS. The monoisotopic (exact) mass is 380 g/mol. The first-order valence-electron chi connectivity index (χ1n) is 6.53. The summed E-state index contributed by atoms with van der Waals surface area (Å²) in [6, 6.07) is 6.19. The number of thiophene rings is 1. The maximum absolute atomic E-state index is 12.4. The molecule has 3 nitrogen and oxygen atoms in total. The number of hydrogen-bond acceptors (Lipinski definition) is 3. The molecule has 0 saturated heterocycles. The zero-order valence-electron chi connectivity index (χ0n) is 11.0. The Morgan fingerprint density at radius 2 is 2.29 bits per heavy atom. The number of fused-ring (bicyclic) bond motifs is 5. The summed E-state index contributed by atoms with van der Waals surface area (Å²) in [7, 11) is 0. The van der Waals surface area contributed by atoms with Crippen LogP contribution in [-0.4, -0.2) is 9.97 Å². The molecular weight excluding hydrogens is 372 g/mol. The van der Waals surface area contributed by atoms with Gasteiger partial charge in [0, 0.05) is 21.3 Å². The molecule has 0 saturated carbocycles. The Morgan fingerprint density at radius 3 is 3.05 bits per heavy atom. The average Bonchev–Trinajstić information content (AvgIpc) is 2.92. The Labute approximate surface area is 138 Å². The van der Waals surface area contributed by atoms with Crippen molar-refractivity contribution in [3.8, 4) is 11.1 Å². The van der Waals surface area contributed by atoms with Crippen LogP contribution in [0.1, 0.15) is 28.6 Å². The standard InChI is InChI=1S/C15H10BrClN2OS/c1-6(17)13-18-14(20)12-11-9-3-2-8(16)4-7(9)5-10(11)21-15(12)19-13/h2-4,6H,5H2,1H3,(H,18,19,20). The van der Waals surface area contributed by atoms with Crippen molar-refractivity contribution >= 4 is 49.1 Å². The lowest BCUT2D eigenvalue weighted by molar-refractivity contribution is 0.917. The number of halogens is 2. The second kappa shape index (κ2) is 4.66. The van der Waals surface area contributed by atoms with Crippen molar-refractivity contribution in [3.05, 3.63) is 49.3 Å². The normalized spacial score (nSPS) is 14.2. The lowest BCUT2D eigenvalue weighted by atomic mass is 10.1. The van der Waals surface area contributed by atoms with Gasteiger partial charge in [-0.25, -0.2) is 4.98 Å². The molecule has 2 aromatic heterocycles. The van der Waals surface area contributed by atoms with Gasteiger partial charge in [0.25, 0.3) is 5.56 Å². The molecule has 1 N–H and O–H groups in total. The van der Waals surface area contributed by atoms with Crippen LogP contribution >= 0.6 is 38.9 Å². The van der Waals surface area contributed by atoms with Crippen molar-refractivity contribution in [2.24, 2.45) is 0 Å². The third-order valence-electron chi connectivity index (χ3n) is 3.72. The van der Waals surface area contributed by atoms with Gasteiger partial charge in [-0.05, 0) is 30.2 Å². The van der Waals surface area contributed by atoms with Crippen LogP contribution in [0.3, 0.4) is 0 Å². The van der Waals surface area contributed by atoms with E-state index in [0.717, 1.165) is 26.9 Å². The van der Waals surface area contributed by atoms with Crippen molar-refractivity contribution in [1.82, 2.24) is 9.97 Å². The topological polar surface area (TPSA) is 45.8 Å². The molecule has 1 aliphatic rings. The van der Waals surface area contributed by atoms with Crippen LogP contribution in [0.2, 0.25) is 0 Å². The van der Waals surface area contributed by atoms with E-state index < -0.39 is 0 Å². The molecule has 1 aromatic carbocycles. The highest BCUT2D eigenvalue weighted by molar-refractivity contribution is 9.10. The molecule has 1 unspecified atom stereocenters. The molecule has 106 valence electrons. The van der Waals surface area contributed by atoms with Gasteiger partial charge in [0.2, 0.25) is 0 Å². The van der Waals surface area contributed by atoms with E-state index in [9.17, 15) is 4.79 Å². The molecule has 4 rings (SSSR count). The van der Waals surface area contributed by atoms with Crippen molar-refractivity contribution in [1.29, 1.82) is 0 Å². The Kier molecular flexibility index (Phi) is 3.00. The predicted molar refractivity (Wildman–Crippen MR) is 90.5 cm³/mol. The lowest BCUT2D eigenvalue weighted by Crippen LogP contribution is -2.11. The second-order valence-corrected chi connectivity index (χ2v) is 7.78. The van der Waals surface area contributed by atoms with Crippen LogP contribution in [0.4, 0.5) is 0 Å². The van der Waals surface area contributed by atoms with E-state index in [1.807, 2.05) is 6.07 Å². The van der Waals surface area contributed by atoms with Gasteiger partial charge in [-0.15, -0.1) is 22.9 Å². The summed E-state index contributed by atoms with van der Waals surface area (Å²) in [4.78, 5) is 21.7. The smallest absolute Gasteiger partial charge is 0.260 e. The van der Waals surface area contributed by atoms with E-state index >= 15 is 0 Å². The summed E-state index contributed by atoms with van der Waals surface area (Å²) >= 11 is 11.1. The summed E-state index contributed by atoms with van der Waals surface area (Å²) in [6.07, 6.45) is 0.857. The van der Waals surface area contributed by atoms with E-state index in [4.69, 9.17) is 11.6 Å². The highest BCUT2D eigenvalue weighted by atomic mass is 79.9. The van der Waals surface area contributed by atoms with Gasteiger partial charge in [-0.2, -0.15) is 0 Å². The van der Waals surface area contributed by atoms with Gasteiger partial charge < -0.3 is 4.98 Å². The third kappa shape index (κ3) is 1.99. The van der Waals surface area contributed by atoms with E-state index in [0.29, 0.717) is 11.2 Å². The van der Waals surface area contributed by atoms with Crippen molar-refractivity contribution < 1.29 is 0 Å². The Bertz CT molecular complexity index is 945. The molecule has 3 aromatic rings. The fourth-order valence-electron chi connectivity index (χ4n) is 2.79. The molecule has 0 fully saturated rings. The molecule has 0 amide bonds. The maximum Gasteiger partial charge on any atom is 0.260 e. The highest BCUT2D eigenvalue weighted by Crippen LogP contribution is 2.45. The van der Waals surface area contributed by atoms with Crippen LogP contribution in [0.5, 0.6) is 0 Å². The Morgan fingerprint density at radius 1 is 1.48 bits per heavy atom. The fourth-order valence-corrected chi connectivity index (χ4v) is 4.52. The summed E-state index contributed by atoms with van der Waals surface area (Å²) < 4.78 is 1.06. The Hall–Kier alpha value is -1.17. The van der Waals surface area contributed by atoms with Gasteiger partial charge in [-0.3, -0.25) is 4.79 Å². The number of aromatic nitrogens is 2. The number of hydrogen-bond donors (Lipinski definition) is 1. The third-order valence-corrected chi connectivity index (χ3v) is 5.50. The van der Waals surface area contributed by atoms with Gasteiger partial charge in [-0.1, -0.05) is 22.0 Å².